The van der Waals surface area contributed by atoms with Crippen molar-refractivity contribution in [2.24, 2.45) is 5.84 Å². The second-order valence-electron chi connectivity index (χ2n) is 4.23. The molecule has 0 aliphatic rings. The van der Waals surface area contributed by atoms with Crippen LogP contribution >= 0.6 is 0 Å². The first-order chi connectivity index (χ1) is 8.48. The number of sulfone groups is 1. The number of rotatable bonds is 7. The molecule has 0 heterocycles. The number of methoxy groups -OCH3 is 1. The van der Waals surface area contributed by atoms with Gasteiger partial charge in [-0.3, -0.25) is 11.3 Å². The number of nitrogens with one attached hydrogen (secondary N) is 1. The molecule has 0 amide bonds. The summed E-state index contributed by atoms with van der Waals surface area (Å²) in [6.07, 6.45) is 2.44. The van der Waals surface area contributed by atoms with Crippen LogP contribution in [0.3, 0.4) is 0 Å². The van der Waals surface area contributed by atoms with E-state index in [1.54, 1.807) is 7.11 Å². The average molecular weight is 272 g/mol. The van der Waals surface area contributed by atoms with Crippen LogP contribution in [0, 0.1) is 0 Å². The van der Waals surface area contributed by atoms with E-state index in [2.05, 4.69) is 5.43 Å². The largest absolute Gasteiger partial charge is 0.496 e. The molecule has 3 N–H and O–H groups in total. The quantitative estimate of drug-likeness (QED) is 0.572. The zero-order valence-electron chi connectivity index (χ0n) is 10.7. The van der Waals surface area contributed by atoms with Crippen LogP contribution in [-0.4, -0.2) is 27.5 Å². The van der Waals surface area contributed by atoms with Crippen LogP contribution in [0.2, 0.25) is 0 Å². The Bertz CT molecular complexity index is 474. The molecule has 0 saturated carbocycles. The van der Waals surface area contributed by atoms with Crippen molar-refractivity contribution >= 4 is 9.84 Å². The van der Waals surface area contributed by atoms with Crippen molar-refractivity contribution in [3.05, 3.63) is 29.8 Å². The zero-order chi connectivity index (χ0) is 13.6. The average Bonchev–Trinajstić information content (AvgIpc) is 2.33. The number of nitrogens with two attached hydrogens (primary N) is 1. The van der Waals surface area contributed by atoms with Crippen LogP contribution in [0.1, 0.15) is 24.4 Å². The van der Waals surface area contributed by atoms with E-state index in [4.69, 9.17) is 10.6 Å². The Morgan fingerprint density at radius 2 is 2.06 bits per heavy atom. The van der Waals surface area contributed by atoms with Crippen LogP contribution in [0.15, 0.2) is 24.3 Å². The monoisotopic (exact) mass is 272 g/mol. The minimum absolute atomic E-state index is 0.108. The SMILES string of the molecule is COc1ccccc1C(CCCS(C)(=O)=O)NN. The number of ether oxygens (including phenoxy) is 1. The van der Waals surface area contributed by atoms with Gasteiger partial charge in [0.1, 0.15) is 15.6 Å². The molecule has 0 saturated heterocycles. The maximum Gasteiger partial charge on any atom is 0.147 e. The Labute approximate surface area is 108 Å². The Kier molecular flexibility index (Phi) is 5.58. The van der Waals surface area contributed by atoms with Gasteiger partial charge in [0, 0.05) is 23.6 Å². The lowest BCUT2D eigenvalue weighted by molar-refractivity contribution is 0.395. The highest BCUT2D eigenvalue weighted by Gasteiger charge is 2.15. The summed E-state index contributed by atoms with van der Waals surface area (Å²) in [5.74, 6) is 6.44. The molecule has 1 aromatic carbocycles. The number of hydrogen-bond acceptors (Lipinski definition) is 5. The fraction of sp³-hybridized carbons (Fsp3) is 0.500. The minimum atomic E-state index is -2.93. The van der Waals surface area contributed by atoms with Crippen molar-refractivity contribution in [1.82, 2.24) is 5.43 Å². The van der Waals surface area contributed by atoms with Crippen LogP contribution in [0.4, 0.5) is 0 Å². The summed E-state index contributed by atoms with van der Waals surface area (Å²) in [5.41, 5.74) is 3.65. The maximum absolute atomic E-state index is 11.1. The molecule has 0 aliphatic carbocycles. The number of hydrogen-bond donors (Lipinski definition) is 2. The van der Waals surface area contributed by atoms with Crippen LogP contribution in [-0.2, 0) is 9.84 Å². The van der Waals surface area contributed by atoms with Gasteiger partial charge in [0.2, 0.25) is 0 Å². The fourth-order valence-corrected chi connectivity index (χ4v) is 2.52. The van der Waals surface area contributed by atoms with Gasteiger partial charge in [0.15, 0.2) is 0 Å². The summed E-state index contributed by atoms with van der Waals surface area (Å²) in [6.45, 7) is 0. The van der Waals surface area contributed by atoms with E-state index in [0.717, 1.165) is 11.3 Å². The molecule has 0 radical (unpaired) electrons. The lowest BCUT2D eigenvalue weighted by atomic mass is 10.0. The molecule has 0 fully saturated rings. The van der Waals surface area contributed by atoms with Crippen LogP contribution in [0.25, 0.3) is 0 Å². The van der Waals surface area contributed by atoms with Gasteiger partial charge >= 0.3 is 0 Å². The summed E-state index contributed by atoms with van der Waals surface area (Å²) in [5, 5.41) is 0. The third-order valence-electron chi connectivity index (χ3n) is 2.72. The molecule has 5 nitrogen and oxygen atoms in total. The molecule has 18 heavy (non-hydrogen) atoms. The summed E-state index contributed by atoms with van der Waals surface area (Å²) in [7, 11) is -1.33. The van der Waals surface area contributed by atoms with Crippen molar-refractivity contribution < 1.29 is 13.2 Å². The number of benzene rings is 1. The summed E-state index contributed by atoms with van der Waals surface area (Å²) >= 11 is 0. The first kappa shape index (κ1) is 14.9. The van der Waals surface area contributed by atoms with Gasteiger partial charge in [-0.25, -0.2) is 8.42 Å². The third kappa shape index (κ3) is 4.64. The first-order valence-electron chi connectivity index (χ1n) is 5.74. The molecule has 1 atom stereocenters. The van der Waals surface area contributed by atoms with Crippen LogP contribution < -0.4 is 16.0 Å². The lowest BCUT2D eigenvalue weighted by Crippen LogP contribution is -2.28. The van der Waals surface area contributed by atoms with Crippen molar-refractivity contribution in [3.63, 3.8) is 0 Å². The second kappa shape index (κ2) is 6.72. The molecule has 0 aromatic heterocycles. The van der Waals surface area contributed by atoms with Gasteiger partial charge in [0.05, 0.1) is 7.11 Å². The van der Waals surface area contributed by atoms with Crippen molar-refractivity contribution in [3.8, 4) is 5.75 Å². The molecule has 1 rings (SSSR count). The Hall–Kier alpha value is -1.11. The molecule has 1 unspecified atom stereocenters. The van der Waals surface area contributed by atoms with E-state index >= 15 is 0 Å². The topological polar surface area (TPSA) is 81.4 Å². The molecule has 1 aromatic rings. The smallest absolute Gasteiger partial charge is 0.147 e. The zero-order valence-corrected chi connectivity index (χ0v) is 11.5. The Morgan fingerprint density at radius 3 is 2.61 bits per heavy atom. The Morgan fingerprint density at radius 1 is 1.39 bits per heavy atom. The van der Waals surface area contributed by atoms with E-state index in [1.807, 2.05) is 24.3 Å². The predicted molar refractivity (Wildman–Crippen MR) is 72.0 cm³/mol. The van der Waals surface area contributed by atoms with E-state index in [1.165, 1.54) is 6.26 Å². The van der Waals surface area contributed by atoms with Crippen molar-refractivity contribution in [2.45, 2.75) is 18.9 Å². The highest BCUT2D eigenvalue weighted by atomic mass is 32.2. The number of hydrazine groups is 1. The standard InChI is InChI=1S/C12H20N2O3S/c1-17-12-8-4-3-6-10(12)11(14-13)7-5-9-18(2,15)16/h3-4,6,8,11,14H,5,7,9,13H2,1-2H3. The highest BCUT2D eigenvalue weighted by Crippen LogP contribution is 2.27. The van der Waals surface area contributed by atoms with Gasteiger partial charge in [-0.15, -0.1) is 0 Å². The van der Waals surface area contributed by atoms with Crippen LogP contribution in [0.5, 0.6) is 5.75 Å². The molecule has 0 aliphatic heterocycles. The van der Waals surface area contributed by atoms with Gasteiger partial charge in [-0.2, -0.15) is 0 Å². The lowest BCUT2D eigenvalue weighted by Gasteiger charge is -2.18. The number of para-hydroxylation sites is 1. The summed E-state index contributed by atoms with van der Waals surface area (Å²) in [6, 6.07) is 7.45. The minimum Gasteiger partial charge on any atom is -0.496 e. The molecule has 6 heteroatoms. The molecule has 0 bridgehead atoms. The van der Waals surface area contributed by atoms with Gasteiger partial charge in [-0.05, 0) is 18.9 Å². The van der Waals surface area contributed by atoms with E-state index in [9.17, 15) is 8.42 Å². The molecular formula is C12H20N2O3S. The van der Waals surface area contributed by atoms with Gasteiger partial charge < -0.3 is 4.74 Å². The van der Waals surface area contributed by atoms with Crippen molar-refractivity contribution in [2.75, 3.05) is 19.1 Å². The fourth-order valence-electron chi connectivity index (χ4n) is 1.83. The third-order valence-corrected chi connectivity index (χ3v) is 3.75. The summed E-state index contributed by atoms with van der Waals surface area (Å²) < 4.78 is 27.4. The van der Waals surface area contributed by atoms with Gasteiger partial charge in [-0.1, -0.05) is 18.2 Å². The Balaban J connectivity index is 2.71. The van der Waals surface area contributed by atoms with Crippen molar-refractivity contribution in [1.29, 1.82) is 0 Å². The maximum atomic E-state index is 11.1. The second-order valence-corrected chi connectivity index (χ2v) is 6.49. The highest BCUT2D eigenvalue weighted by molar-refractivity contribution is 7.90. The first-order valence-corrected chi connectivity index (χ1v) is 7.80. The molecule has 0 spiro atoms. The molecular weight excluding hydrogens is 252 g/mol. The normalized spacial score (nSPS) is 13.3. The predicted octanol–water partition coefficient (Wildman–Crippen LogP) is 1.02. The van der Waals surface area contributed by atoms with Gasteiger partial charge in [0.25, 0.3) is 0 Å². The van der Waals surface area contributed by atoms with E-state index in [-0.39, 0.29) is 11.8 Å². The summed E-state index contributed by atoms with van der Waals surface area (Å²) in [4.78, 5) is 0. The van der Waals surface area contributed by atoms with E-state index < -0.39 is 9.84 Å². The molecule has 102 valence electrons. The van der Waals surface area contributed by atoms with E-state index in [0.29, 0.717) is 12.8 Å².